The first-order valence-electron chi connectivity index (χ1n) is 9.82. The number of nitrogens with one attached hydrogen (secondary N) is 1. The van der Waals surface area contributed by atoms with Gasteiger partial charge >= 0.3 is 0 Å². The molecule has 5 nitrogen and oxygen atoms in total. The Kier molecular flexibility index (Phi) is 6.17. The molecule has 1 aromatic rings. The van der Waals surface area contributed by atoms with E-state index in [0.29, 0.717) is 36.5 Å². The van der Waals surface area contributed by atoms with Crippen LogP contribution in [0, 0.1) is 11.8 Å². The summed E-state index contributed by atoms with van der Waals surface area (Å²) in [6.45, 7) is 6.42. The molecule has 0 bridgehead atoms. The molecule has 0 unspecified atom stereocenters. The fourth-order valence-electron chi connectivity index (χ4n) is 3.32. The number of piperidine rings is 1. The van der Waals surface area contributed by atoms with E-state index in [4.69, 9.17) is 4.74 Å². The van der Waals surface area contributed by atoms with Crippen molar-refractivity contribution < 1.29 is 14.3 Å². The molecule has 1 atom stereocenters. The maximum Gasteiger partial charge on any atom is 0.251 e. The van der Waals surface area contributed by atoms with Crippen LogP contribution in [0.1, 0.15) is 56.3 Å². The van der Waals surface area contributed by atoms with Crippen LogP contribution in [0.3, 0.4) is 0 Å². The van der Waals surface area contributed by atoms with Crippen molar-refractivity contribution in [2.24, 2.45) is 11.8 Å². The molecular formula is C21H30N2O3. The second-order valence-corrected chi connectivity index (χ2v) is 8.03. The second-order valence-electron chi connectivity index (χ2n) is 8.03. The molecule has 0 radical (unpaired) electrons. The zero-order valence-corrected chi connectivity index (χ0v) is 15.9. The standard InChI is InChI=1S/C21H30N2O3/c1-15(2)12-20(24)23-11-3-4-16(13-23)14-26-19-9-5-17(6-10-19)21(25)22-18-7-8-18/h5-6,9-10,15-16,18H,3-4,7-8,11-14H2,1-2H3,(H,22,25)/t16-/m0/s1. The van der Waals surface area contributed by atoms with Gasteiger partial charge in [0.05, 0.1) is 6.61 Å². The molecule has 0 spiro atoms. The molecule has 0 aromatic heterocycles. The van der Waals surface area contributed by atoms with Crippen molar-refractivity contribution in [3.63, 3.8) is 0 Å². The maximum atomic E-state index is 12.3. The van der Waals surface area contributed by atoms with Gasteiger partial charge in [-0.2, -0.15) is 0 Å². The molecule has 2 aliphatic rings. The number of benzene rings is 1. The van der Waals surface area contributed by atoms with E-state index >= 15 is 0 Å². The van der Waals surface area contributed by atoms with E-state index in [1.165, 1.54) is 0 Å². The van der Waals surface area contributed by atoms with Gasteiger partial charge in [-0.05, 0) is 55.9 Å². The lowest BCUT2D eigenvalue weighted by atomic mass is 9.98. The monoisotopic (exact) mass is 358 g/mol. The van der Waals surface area contributed by atoms with Crippen LogP contribution in [0.5, 0.6) is 5.75 Å². The van der Waals surface area contributed by atoms with E-state index in [-0.39, 0.29) is 11.8 Å². The topological polar surface area (TPSA) is 58.6 Å². The summed E-state index contributed by atoms with van der Waals surface area (Å²) < 4.78 is 5.91. The molecule has 1 heterocycles. The Morgan fingerprint density at radius 1 is 1.19 bits per heavy atom. The molecule has 1 aromatic carbocycles. The van der Waals surface area contributed by atoms with Gasteiger partial charge in [-0.15, -0.1) is 0 Å². The Labute approximate surface area is 156 Å². The van der Waals surface area contributed by atoms with Crippen molar-refractivity contribution in [1.82, 2.24) is 10.2 Å². The molecule has 26 heavy (non-hydrogen) atoms. The molecule has 142 valence electrons. The van der Waals surface area contributed by atoms with Crippen molar-refractivity contribution in [1.29, 1.82) is 0 Å². The highest BCUT2D eigenvalue weighted by Crippen LogP contribution is 2.22. The molecule has 1 aliphatic carbocycles. The SMILES string of the molecule is CC(C)CC(=O)N1CCC[C@H](COc2ccc(C(=O)NC3CC3)cc2)C1. The number of rotatable bonds is 7. The summed E-state index contributed by atoms with van der Waals surface area (Å²) in [5.74, 6) is 1.80. The number of nitrogens with zero attached hydrogens (tertiary/aromatic N) is 1. The Morgan fingerprint density at radius 3 is 2.58 bits per heavy atom. The molecule has 5 heteroatoms. The van der Waals surface area contributed by atoms with E-state index in [9.17, 15) is 9.59 Å². The van der Waals surface area contributed by atoms with Gasteiger partial charge < -0.3 is 15.0 Å². The summed E-state index contributed by atoms with van der Waals surface area (Å²) in [4.78, 5) is 26.2. The van der Waals surface area contributed by atoms with Gasteiger partial charge in [0.25, 0.3) is 5.91 Å². The lowest BCUT2D eigenvalue weighted by Gasteiger charge is -2.33. The fourth-order valence-corrected chi connectivity index (χ4v) is 3.32. The summed E-state index contributed by atoms with van der Waals surface area (Å²) in [6, 6.07) is 7.70. The number of carbonyl (C=O) groups excluding carboxylic acids is 2. The van der Waals surface area contributed by atoms with E-state index in [1.807, 2.05) is 29.2 Å². The number of hydrogen-bond donors (Lipinski definition) is 1. The summed E-state index contributed by atoms with van der Waals surface area (Å²) in [6.07, 6.45) is 4.93. The summed E-state index contributed by atoms with van der Waals surface area (Å²) >= 11 is 0. The van der Waals surface area contributed by atoms with E-state index in [1.54, 1.807) is 0 Å². The lowest BCUT2D eigenvalue weighted by molar-refractivity contribution is -0.134. The Balaban J connectivity index is 1.45. The van der Waals surface area contributed by atoms with Crippen LogP contribution in [0.15, 0.2) is 24.3 Å². The van der Waals surface area contributed by atoms with Gasteiger partial charge in [-0.3, -0.25) is 9.59 Å². The Bertz CT molecular complexity index is 623. The smallest absolute Gasteiger partial charge is 0.251 e. The average molecular weight is 358 g/mol. The predicted octanol–water partition coefficient (Wildman–Crippen LogP) is 3.24. The van der Waals surface area contributed by atoms with Crippen molar-refractivity contribution in [2.75, 3.05) is 19.7 Å². The molecule has 1 N–H and O–H groups in total. The van der Waals surface area contributed by atoms with Crippen LogP contribution < -0.4 is 10.1 Å². The minimum atomic E-state index is -0.00867. The highest BCUT2D eigenvalue weighted by atomic mass is 16.5. The van der Waals surface area contributed by atoms with Crippen LogP contribution in [-0.4, -0.2) is 42.5 Å². The predicted molar refractivity (Wildman–Crippen MR) is 101 cm³/mol. The van der Waals surface area contributed by atoms with Crippen LogP contribution >= 0.6 is 0 Å². The van der Waals surface area contributed by atoms with Crippen LogP contribution in [-0.2, 0) is 4.79 Å². The highest BCUT2D eigenvalue weighted by molar-refractivity contribution is 5.94. The summed E-state index contributed by atoms with van der Waals surface area (Å²) in [7, 11) is 0. The maximum absolute atomic E-state index is 12.3. The van der Waals surface area contributed by atoms with Crippen molar-refractivity contribution in [2.45, 2.75) is 52.0 Å². The second kappa shape index (κ2) is 8.56. The molecule has 3 rings (SSSR count). The van der Waals surface area contributed by atoms with Crippen LogP contribution in [0.2, 0.25) is 0 Å². The van der Waals surface area contributed by atoms with Crippen molar-refractivity contribution in [3.05, 3.63) is 29.8 Å². The molecule has 1 saturated heterocycles. The third kappa shape index (κ3) is 5.48. The van der Waals surface area contributed by atoms with Crippen molar-refractivity contribution >= 4 is 11.8 Å². The zero-order chi connectivity index (χ0) is 18.5. The molecule has 2 fully saturated rings. The number of amides is 2. The number of carbonyl (C=O) groups is 2. The molecule has 2 amide bonds. The number of likely N-dealkylation sites (tertiary alicyclic amines) is 1. The van der Waals surface area contributed by atoms with Crippen molar-refractivity contribution in [3.8, 4) is 5.75 Å². The normalized spacial score (nSPS) is 20.1. The van der Waals surface area contributed by atoms with E-state index < -0.39 is 0 Å². The minimum Gasteiger partial charge on any atom is -0.493 e. The van der Waals surface area contributed by atoms with Gasteiger partial charge in [0.1, 0.15) is 5.75 Å². The first-order valence-corrected chi connectivity index (χ1v) is 9.82. The Morgan fingerprint density at radius 2 is 1.92 bits per heavy atom. The number of hydrogen-bond acceptors (Lipinski definition) is 3. The zero-order valence-electron chi connectivity index (χ0n) is 15.9. The third-order valence-corrected chi connectivity index (χ3v) is 4.97. The lowest BCUT2D eigenvalue weighted by Crippen LogP contribution is -2.41. The van der Waals surface area contributed by atoms with Gasteiger partial charge in [-0.1, -0.05) is 13.8 Å². The summed E-state index contributed by atoms with van der Waals surface area (Å²) in [5.41, 5.74) is 0.673. The molecule has 1 aliphatic heterocycles. The largest absolute Gasteiger partial charge is 0.493 e. The van der Waals surface area contributed by atoms with E-state index in [0.717, 1.165) is 44.5 Å². The highest BCUT2D eigenvalue weighted by Gasteiger charge is 2.25. The van der Waals surface area contributed by atoms with Crippen LogP contribution in [0.4, 0.5) is 0 Å². The van der Waals surface area contributed by atoms with Gasteiger partial charge in [0.15, 0.2) is 0 Å². The third-order valence-electron chi connectivity index (χ3n) is 4.97. The molecule has 1 saturated carbocycles. The quantitative estimate of drug-likeness (QED) is 0.814. The first-order chi connectivity index (χ1) is 12.5. The number of ether oxygens (including phenoxy) is 1. The van der Waals surface area contributed by atoms with Gasteiger partial charge in [-0.25, -0.2) is 0 Å². The Hall–Kier alpha value is -2.04. The van der Waals surface area contributed by atoms with Gasteiger partial charge in [0, 0.05) is 37.0 Å². The molecular weight excluding hydrogens is 328 g/mol. The summed E-state index contributed by atoms with van der Waals surface area (Å²) in [5, 5.41) is 2.98. The average Bonchev–Trinajstić information content (AvgIpc) is 3.44. The minimum absolute atomic E-state index is 0.00867. The van der Waals surface area contributed by atoms with Gasteiger partial charge in [0.2, 0.25) is 5.91 Å². The van der Waals surface area contributed by atoms with Crippen LogP contribution in [0.25, 0.3) is 0 Å². The van der Waals surface area contributed by atoms with E-state index in [2.05, 4.69) is 19.2 Å². The fraction of sp³-hybridized carbons (Fsp3) is 0.619. The first kappa shape index (κ1) is 18.7.